The molecule has 24 aromatic carbocycles. The van der Waals surface area contributed by atoms with Crippen molar-refractivity contribution in [2.75, 3.05) is 0 Å². The van der Waals surface area contributed by atoms with Crippen LogP contribution in [0.3, 0.4) is 0 Å². The first-order chi connectivity index (χ1) is 69.8. The Morgan fingerprint density at radius 1 is 0.121 bits per heavy atom. The molecule has 0 amide bonds. The van der Waals surface area contributed by atoms with Gasteiger partial charge in [-0.15, -0.1) is 0 Å². The normalized spacial score (nSPS) is 11.6. The molecule has 27 aromatic rings. The van der Waals surface area contributed by atoms with Crippen molar-refractivity contribution in [3.8, 4) is 117 Å². The Morgan fingerprint density at radius 2 is 0.305 bits per heavy atom. The molecule has 0 fully saturated rings. The Bertz CT molecular complexity index is 8960. The Balaban J connectivity index is 0.000000111. The minimum Gasteiger partial charge on any atom is -0.309 e. The van der Waals surface area contributed by atoms with E-state index in [1.54, 1.807) is 0 Å². The van der Waals surface area contributed by atoms with Crippen molar-refractivity contribution < 1.29 is 0 Å². The molecule has 141 heavy (non-hydrogen) atoms. The van der Waals surface area contributed by atoms with Gasteiger partial charge in [-0.2, -0.15) is 0 Å². The molecule has 3 nitrogen and oxygen atoms in total. The van der Waals surface area contributed by atoms with Gasteiger partial charge in [-0.1, -0.05) is 439 Å². The molecular formula is C138H99N3. The van der Waals surface area contributed by atoms with E-state index in [-0.39, 0.29) is 0 Å². The van der Waals surface area contributed by atoms with E-state index in [0.717, 1.165) is 19.3 Å². The van der Waals surface area contributed by atoms with E-state index in [2.05, 4.69) is 544 Å². The van der Waals surface area contributed by atoms with E-state index in [1.807, 2.05) is 0 Å². The second-order valence-electron chi connectivity index (χ2n) is 37.2. The number of aryl methyl sites for hydroxylation is 3. The highest BCUT2D eigenvalue weighted by molar-refractivity contribution is 6.26. The minimum atomic E-state index is 1.02. The summed E-state index contributed by atoms with van der Waals surface area (Å²) in [6.07, 6.45) is 3.09. The van der Waals surface area contributed by atoms with Gasteiger partial charge in [0.15, 0.2) is 0 Å². The molecule has 3 aromatic heterocycles. The summed E-state index contributed by atoms with van der Waals surface area (Å²) in [4.78, 5) is 0. The van der Waals surface area contributed by atoms with E-state index < -0.39 is 0 Å². The predicted molar refractivity (Wildman–Crippen MR) is 604 cm³/mol. The van der Waals surface area contributed by atoms with E-state index >= 15 is 0 Å². The quantitative estimate of drug-likeness (QED) is 0.0909. The maximum absolute atomic E-state index is 2.41. The lowest BCUT2D eigenvalue weighted by molar-refractivity contribution is 1.14. The lowest BCUT2D eigenvalue weighted by atomic mass is 9.84. The van der Waals surface area contributed by atoms with Crippen molar-refractivity contribution in [2.24, 2.45) is 0 Å². The monoisotopic (exact) mass is 1800 g/mol. The molecule has 0 atom stereocenters. The van der Waals surface area contributed by atoms with Crippen molar-refractivity contribution in [2.45, 2.75) is 40.0 Å². The van der Waals surface area contributed by atoms with Gasteiger partial charge in [0.2, 0.25) is 0 Å². The molecule has 0 unspecified atom stereocenters. The van der Waals surface area contributed by atoms with Crippen LogP contribution in [0.5, 0.6) is 0 Å². The maximum Gasteiger partial charge on any atom is 0.0541 e. The van der Waals surface area contributed by atoms with Crippen LogP contribution in [-0.2, 0) is 19.3 Å². The summed E-state index contributed by atoms with van der Waals surface area (Å²) in [5.74, 6) is 0. The Morgan fingerprint density at radius 3 is 0.560 bits per heavy atom. The zero-order valence-electron chi connectivity index (χ0n) is 79.0. The highest BCUT2D eigenvalue weighted by atomic mass is 15.0. The van der Waals surface area contributed by atoms with Gasteiger partial charge in [-0.25, -0.2) is 0 Å². The van der Waals surface area contributed by atoms with Crippen molar-refractivity contribution in [1.29, 1.82) is 0 Å². The molecule has 0 aliphatic rings. The average Bonchev–Trinajstić information content (AvgIpc) is 1.55. The molecule has 27 rings (SSSR count). The molecule has 0 bridgehead atoms. The van der Waals surface area contributed by atoms with E-state index in [9.17, 15) is 0 Å². The first kappa shape index (κ1) is 84.9. The summed E-state index contributed by atoms with van der Waals surface area (Å²) in [7, 11) is 0. The fraction of sp³-hybridized carbons (Fsp3) is 0.0435. The number of hydrogen-bond donors (Lipinski definition) is 0. The number of nitrogens with zero attached hydrogens (tertiary/aromatic N) is 3. The summed E-state index contributed by atoms with van der Waals surface area (Å²) < 4.78 is 7.17. The number of para-hydroxylation sites is 6. The number of fused-ring (bicyclic) bond motifs is 15. The fourth-order valence-corrected chi connectivity index (χ4v) is 22.6. The largest absolute Gasteiger partial charge is 0.309 e. The van der Waals surface area contributed by atoms with E-state index in [4.69, 9.17) is 0 Å². The van der Waals surface area contributed by atoms with Crippen LogP contribution in [-0.4, -0.2) is 13.7 Å². The fourth-order valence-electron chi connectivity index (χ4n) is 22.6. The Labute approximate surface area is 821 Å². The molecule has 0 saturated heterocycles. The van der Waals surface area contributed by atoms with Crippen molar-refractivity contribution in [3.05, 3.63) is 526 Å². The third-order valence-electron chi connectivity index (χ3n) is 29.3. The van der Waals surface area contributed by atoms with Gasteiger partial charge in [0.05, 0.1) is 33.1 Å². The van der Waals surface area contributed by atoms with Crippen LogP contribution >= 0.6 is 0 Å². The molecule has 0 aliphatic carbocycles. The highest BCUT2D eigenvalue weighted by Gasteiger charge is 2.25. The lowest BCUT2D eigenvalue weighted by Crippen LogP contribution is -1.95. The van der Waals surface area contributed by atoms with Gasteiger partial charge >= 0.3 is 0 Å². The summed E-state index contributed by atoms with van der Waals surface area (Å²) in [6, 6.07) is 187. The molecular weight excluding hydrogens is 1700 g/mol. The number of hydrogen-bond acceptors (Lipinski definition) is 0. The van der Waals surface area contributed by atoms with Crippen LogP contribution in [0.4, 0.5) is 0 Å². The van der Waals surface area contributed by atoms with Gasteiger partial charge in [0.25, 0.3) is 0 Å². The van der Waals surface area contributed by atoms with Gasteiger partial charge in [0.1, 0.15) is 0 Å². The lowest BCUT2D eigenvalue weighted by Gasteiger charge is -2.19. The van der Waals surface area contributed by atoms with Crippen LogP contribution in [0.25, 0.3) is 247 Å². The predicted octanol–water partition coefficient (Wildman–Crippen LogP) is 38.0. The van der Waals surface area contributed by atoms with Crippen LogP contribution in [0, 0.1) is 0 Å². The van der Waals surface area contributed by atoms with Crippen molar-refractivity contribution >= 4 is 130 Å². The summed E-state index contributed by atoms with van der Waals surface area (Å²) in [6.45, 7) is 6.65. The van der Waals surface area contributed by atoms with Crippen LogP contribution < -0.4 is 0 Å². The topological polar surface area (TPSA) is 14.8 Å². The minimum absolute atomic E-state index is 1.02. The van der Waals surface area contributed by atoms with Crippen LogP contribution in [0.15, 0.2) is 510 Å². The third kappa shape index (κ3) is 15.1. The first-order valence-electron chi connectivity index (χ1n) is 49.5. The number of benzene rings is 24. The standard InChI is InChI=1S/3C46H33N/c2*1-2-31-13-12-16-34(29-31)35-25-28-41-42(30-35)46(32-14-4-3-5-15-32)40-20-7-6-19-39(40)45(41)33-23-26-36(27-24-33)47-43-21-10-8-17-37(43)38-18-9-11-22-44(38)47;1-2-31-20-22-32(23-21-31)35-26-29-41-42(30-35)46(33-12-4-3-5-13-33)40-17-7-6-16-39(40)45(41)34-24-27-36(28-25-34)47-43-18-10-8-14-37(43)38-15-9-11-19-44(38)47/h3*3-30H,2H2,1H3. The Kier molecular flexibility index (Phi) is 21.9. The smallest absolute Gasteiger partial charge is 0.0541 e. The van der Waals surface area contributed by atoms with Crippen molar-refractivity contribution in [1.82, 2.24) is 13.7 Å². The molecule has 0 saturated carbocycles. The highest BCUT2D eigenvalue weighted by Crippen LogP contribution is 2.51. The molecule has 666 valence electrons. The third-order valence-corrected chi connectivity index (χ3v) is 29.3. The van der Waals surface area contributed by atoms with Gasteiger partial charge in [-0.3, -0.25) is 0 Å². The average molecular weight is 1800 g/mol. The Hall–Kier alpha value is -17.8. The summed E-state index contributed by atoms with van der Waals surface area (Å²) >= 11 is 0. The molecule has 0 N–H and O–H groups in total. The van der Waals surface area contributed by atoms with Crippen LogP contribution in [0.1, 0.15) is 37.5 Å². The summed E-state index contributed by atoms with van der Waals surface area (Å²) in [5.41, 5.74) is 37.5. The van der Waals surface area contributed by atoms with Gasteiger partial charge in [-0.05, 0) is 292 Å². The number of rotatable bonds is 15. The molecule has 3 heterocycles. The summed E-state index contributed by atoms with van der Waals surface area (Å²) in [5, 5.41) is 22.9. The zero-order chi connectivity index (χ0) is 94.0. The molecule has 0 spiro atoms. The number of aromatic nitrogens is 3. The second kappa shape index (κ2) is 36.4. The van der Waals surface area contributed by atoms with E-state index in [0.29, 0.717) is 0 Å². The van der Waals surface area contributed by atoms with Crippen molar-refractivity contribution in [3.63, 3.8) is 0 Å². The first-order valence-corrected chi connectivity index (χ1v) is 49.5. The SMILES string of the molecule is CCc1ccc(-c2ccc3c(-c4ccc(-n5c6ccccc6c6ccccc65)cc4)c4ccccc4c(-c4ccccc4)c3c2)cc1.CCc1cccc(-c2ccc3c(-c4ccc(-n5c6ccccc6c6ccccc65)cc4)c4ccccc4c(-c4ccccc4)c3c2)c1.CCc1cccc(-c2ccc3c(-c4ccc(-n5c6ccccc6c6ccccc65)cc4)c4ccccc4c(-c4ccccc4)c3c2)c1. The van der Waals surface area contributed by atoms with Crippen LogP contribution in [0.2, 0.25) is 0 Å². The molecule has 0 radical (unpaired) electrons. The zero-order valence-corrected chi connectivity index (χ0v) is 79.0. The van der Waals surface area contributed by atoms with Gasteiger partial charge in [0, 0.05) is 49.4 Å². The van der Waals surface area contributed by atoms with Gasteiger partial charge < -0.3 is 13.7 Å². The van der Waals surface area contributed by atoms with E-state index in [1.165, 1.54) is 264 Å². The molecule has 3 heteroatoms. The molecule has 0 aliphatic heterocycles. The second-order valence-corrected chi connectivity index (χ2v) is 37.2. The maximum atomic E-state index is 2.41.